The Balaban J connectivity index is 1.24. The third-order valence-corrected chi connectivity index (χ3v) is 6.79. The fourth-order valence-corrected chi connectivity index (χ4v) is 5.22. The zero-order chi connectivity index (χ0) is 23.4. The van der Waals surface area contributed by atoms with Crippen molar-refractivity contribution in [1.82, 2.24) is 9.80 Å². The van der Waals surface area contributed by atoms with E-state index in [0.29, 0.717) is 17.4 Å². The van der Waals surface area contributed by atoms with Crippen LogP contribution >= 0.6 is 0 Å². The number of halogens is 2. The molecule has 1 aliphatic heterocycles. The summed E-state index contributed by atoms with van der Waals surface area (Å²) in [4.78, 5) is 17.0. The van der Waals surface area contributed by atoms with Crippen molar-refractivity contribution in [3.05, 3.63) is 59.7 Å². The van der Waals surface area contributed by atoms with Gasteiger partial charge in [-0.25, -0.2) is 13.6 Å². The molecule has 2 fully saturated rings. The van der Waals surface area contributed by atoms with E-state index in [1.54, 1.807) is 11.9 Å². The number of urea groups is 1. The van der Waals surface area contributed by atoms with E-state index in [4.69, 9.17) is 5.26 Å². The second-order valence-electron chi connectivity index (χ2n) is 8.99. The molecule has 33 heavy (non-hydrogen) atoms. The molecule has 1 saturated carbocycles. The minimum absolute atomic E-state index is 0.156. The van der Waals surface area contributed by atoms with E-state index in [1.165, 1.54) is 6.07 Å². The normalized spacial score (nSPS) is 21.9. The molecule has 174 valence electrons. The monoisotopic (exact) mass is 453 g/mol. The highest BCUT2D eigenvalue weighted by atomic mass is 19.2. The van der Waals surface area contributed by atoms with E-state index in [1.807, 2.05) is 24.3 Å². The number of fused-ring (bicyclic) bond motifs is 2. The third kappa shape index (κ3) is 5.42. The first-order valence-electron chi connectivity index (χ1n) is 11.4. The number of carbonyl (C=O) groups is 1. The largest absolute Gasteiger partial charge is 0.385 e. The van der Waals surface area contributed by atoms with Gasteiger partial charge in [-0.05, 0) is 74.0 Å². The molecule has 0 radical (unpaired) electrons. The van der Waals surface area contributed by atoms with Crippen molar-refractivity contribution in [2.45, 2.75) is 25.3 Å². The fraction of sp³-hybridized carbons (Fsp3) is 0.440. The first kappa shape index (κ1) is 23.0. The lowest BCUT2D eigenvalue weighted by Gasteiger charge is -2.42. The van der Waals surface area contributed by atoms with Gasteiger partial charge in [-0.3, -0.25) is 0 Å². The van der Waals surface area contributed by atoms with Crippen LogP contribution in [0.15, 0.2) is 42.5 Å². The highest BCUT2D eigenvalue weighted by molar-refractivity contribution is 5.89. The van der Waals surface area contributed by atoms with Crippen LogP contribution in [0.5, 0.6) is 0 Å². The van der Waals surface area contributed by atoms with Gasteiger partial charge in [0.25, 0.3) is 0 Å². The number of rotatable bonds is 7. The number of piperidine rings is 1. The van der Waals surface area contributed by atoms with Crippen LogP contribution in [-0.4, -0.2) is 55.1 Å². The Morgan fingerprint density at radius 2 is 1.76 bits per heavy atom. The van der Waals surface area contributed by atoms with Gasteiger partial charge in [-0.1, -0.05) is 0 Å². The van der Waals surface area contributed by atoms with Crippen molar-refractivity contribution in [2.24, 2.45) is 11.8 Å². The van der Waals surface area contributed by atoms with Gasteiger partial charge in [0.05, 0.1) is 11.6 Å². The molecule has 2 N–H and O–H groups in total. The number of nitriles is 1. The molecule has 2 aliphatic rings. The zero-order valence-corrected chi connectivity index (χ0v) is 18.7. The molecule has 0 aromatic heterocycles. The lowest BCUT2D eigenvalue weighted by molar-refractivity contribution is 0.0805. The first-order valence-corrected chi connectivity index (χ1v) is 11.4. The molecule has 2 unspecified atom stereocenters. The number of amides is 2. The molecule has 1 saturated heterocycles. The van der Waals surface area contributed by atoms with E-state index in [0.717, 1.165) is 63.3 Å². The Morgan fingerprint density at radius 3 is 2.39 bits per heavy atom. The van der Waals surface area contributed by atoms with Gasteiger partial charge in [-0.2, -0.15) is 5.26 Å². The van der Waals surface area contributed by atoms with E-state index in [2.05, 4.69) is 21.6 Å². The SMILES string of the molecule is CN(C(=O)Nc1ccc(F)c(F)c1)C1C2CCC1CN(CCCNc1ccc(C#N)cc1)C2. The number of benzene rings is 2. The van der Waals surface area contributed by atoms with Gasteiger partial charge in [-0.15, -0.1) is 0 Å². The van der Waals surface area contributed by atoms with Gasteiger partial charge in [0.15, 0.2) is 11.6 Å². The average Bonchev–Trinajstić information content (AvgIpc) is 3.08. The summed E-state index contributed by atoms with van der Waals surface area (Å²) in [5.74, 6) is -1.08. The summed E-state index contributed by atoms with van der Waals surface area (Å²) in [5, 5.41) is 15.0. The summed E-state index contributed by atoms with van der Waals surface area (Å²) in [7, 11) is 1.79. The van der Waals surface area contributed by atoms with Gasteiger partial charge < -0.3 is 20.4 Å². The second kappa shape index (κ2) is 10.2. The van der Waals surface area contributed by atoms with E-state index in [9.17, 15) is 13.6 Å². The summed E-state index contributed by atoms with van der Waals surface area (Å²) in [5.41, 5.74) is 1.93. The van der Waals surface area contributed by atoms with Crippen LogP contribution in [-0.2, 0) is 0 Å². The fourth-order valence-electron chi connectivity index (χ4n) is 5.22. The van der Waals surface area contributed by atoms with Gasteiger partial charge in [0.2, 0.25) is 0 Å². The van der Waals surface area contributed by atoms with Gasteiger partial charge in [0, 0.05) is 50.2 Å². The maximum Gasteiger partial charge on any atom is 0.321 e. The van der Waals surface area contributed by atoms with Crippen molar-refractivity contribution in [3.63, 3.8) is 0 Å². The van der Waals surface area contributed by atoms with Crippen LogP contribution in [0, 0.1) is 34.8 Å². The van der Waals surface area contributed by atoms with Crippen molar-refractivity contribution < 1.29 is 13.6 Å². The lowest BCUT2D eigenvalue weighted by Crippen LogP contribution is -2.54. The maximum atomic E-state index is 13.5. The second-order valence-corrected chi connectivity index (χ2v) is 8.99. The number of hydrogen-bond acceptors (Lipinski definition) is 4. The summed E-state index contributed by atoms with van der Waals surface area (Å²) in [6.07, 6.45) is 3.20. The van der Waals surface area contributed by atoms with Crippen LogP contribution in [0.3, 0.4) is 0 Å². The Hall–Kier alpha value is -3.18. The topological polar surface area (TPSA) is 71.4 Å². The number of likely N-dealkylation sites (tertiary alicyclic amines) is 1. The molecule has 1 aliphatic carbocycles. The Bertz CT molecular complexity index is 1010. The highest BCUT2D eigenvalue weighted by Gasteiger charge is 2.45. The van der Waals surface area contributed by atoms with Crippen LogP contribution in [0.25, 0.3) is 0 Å². The first-order chi connectivity index (χ1) is 15.9. The van der Waals surface area contributed by atoms with Crippen LogP contribution in [0.1, 0.15) is 24.8 Å². The summed E-state index contributed by atoms with van der Waals surface area (Å²) in [6.45, 7) is 3.77. The molecule has 0 spiro atoms. The van der Waals surface area contributed by atoms with Crippen molar-refractivity contribution >= 4 is 17.4 Å². The minimum Gasteiger partial charge on any atom is -0.385 e. The van der Waals surface area contributed by atoms with E-state index >= 15 is 0 Å². The Morgan fingerprint density at radius 1 is 1.09 bits per heavy atom. The molecule has 1 heterocycles. The molecule has 2 amide bonds. The average molecular weight is 454 g/mol. The molecule has 8 heteroatoms. The predicted molar refractivity (Wildman–Crippen MR) is 124 cm³/mol. The van der Waals surface area contributed by atoms with Crippen molar-refractivity contribution in [1.29, 1.82) is 5.26 Å². The predicted octanol–water partition coefficient (Wildman–Crippen LogP) is 4.51. The molecular formula is C25H29F2N5O. The number of anilines is 2. The molecule has 6 nitrogen and oxygen atoms in total. The Labute approximate surface area is 193 Å². The number of hydrogen-bond donors (Lipinski definition) is 2. The smallest absolute Gasteiger partial charge is 0.321 e. The molecule has 2 bridgehead atoms. The van der Waals surface area contributed by atoms with E-state index < -0.39 is 11.6 Å². The molecular weight excluding hydrogens is 424 g/mol. The quantitative estimate of drug-likeness (QED) is 0.605. The van der Waals surface area contributed by atoms with Crippen LogP contribution in [0.2, 0.25) is 0 Å². The van der Waals surface area contributed by atoms with Crippen molar-refractivity contribution in [2.75, 3.05) is 43.9 Å². The summed E-state index contributed by atoms with van der Waals surface area (Å²) < 4.78 is 26.6. The number of nitrogens with zero attached hydrogens (tertiary/aromatic N) is 3. The summed E-state index contributed by atoms with van der Waals surface area (Å²) >= 11 is 0. The number of nitrogens with one attached hydrogen (secondary N) is 2. The number of carbonyl (C=O) groups excluding carboxylic acids is 1. The van der Waals surface area contributed by atoms with Crippen LogP contribution < -0.4 is 10.6 Å². The van der Waals surface area contributed by atoms with Gasteiger partial charge in [0.1, 0.15) is 0 Å². The summed E-state index contributed by atoms with van der Waals surface area (Å²) in [6, 6.07) is 12.8. The lowest BCUT2D eigenvalue weighted by atomic mass is 9.91. The molecule has 2 aromatic carbocycles. The third-order valence-electron chi connectivity index (χ3n) is 6.79. The van der Waals surface area contributed by atoms with Crippen LogP contribution in [0.4, 0.5) is 25.0 Å². The molecule has 2 aromatic rings. The highest BCUT2D eigenvalue weighted by Crippen LogP contribution is 2.39. The standard InChI is InChI=1S/C25H29F2N5O/c1-31(25(33)30-21-9-10-22(26)23(27)13-21)24-18-5-6-19(24)16-32(15-18)12-2-11-29-20-7-3-17(14-28)4-8-20/h3-4,7-10,13,18-19,24,29H,2,5-6,11-12,15-16H2,1H3,(H,30,33). The van der Waals surface area contributed by atoms with E-state index in [-0.39, 0.29) is 17.8 Å². The minimum atomic E-state index is -0.975. The maximum absolute atomic E-state index is 13.5. The zero-order valence-electron chi connectivity index (χ0n) is 18.7. The van der Waals surface area contributed by atoms with Gasteiger partial charge >= 0.3 is 6.03 Å². The molecule has 4 rings (SSSR count). The van der Waals surface area contributed by atoms with Crippen molar-refractivity contribution in [3.8, 4) is 6.07 Å². The Kier molecular flexibility index (Phi) is 7.09. The molecule has 2 atom stereocenters.